The topological polar surface area (TPSA) is 101 Å². The maximum atomic E-state index is 13.0. The van der Waals surface area contributed by atoms with Gasteiger partial charge in [-0.1, -0.05) is 54.6 Å². The van der Waals surface area contributed by atoms with E-state index >= 15 is 0 Å². The first-order chi connectivity index (χ1) is 15.3. The van der Waals surface area contributed by atoms with Crippen LogP contribution in [0.1, 0.15) is 11.5 Å². The van der Waals surface area contributed by atoms with Crippen LogP contribution in [0, 0.1) is 16.0 Å². The van der Waals surface area contributed by atoms with Crippen molar-refractivity contribution >= 4 is 50.2 Å². The van der Waals surface area contributed by atoms with Crippen LogP contribution in [0.4, 0.5) is 4.79 Å². The van der Waals surface area contributed by atoms with Crippen molar-refractivity contribution in [1.82, 2.24) is 9.80 Å². The van der Waals surface area contributed by atoms with Crippen molar-refractivity contribution in [2.75, 3.05) is 20.6 Å². The maximum Gasteiger partial charge on any atom is 0.332 e. The zero-order valence-corrected chi connectivity index (χ0v) is 17.4. The standard InChI is InChI=1S/C24H19N3O5/c1-25-22(28)21(23(29)26(2)24(25)30)18(12-27(31)32)16-10-8-15-7-6-13-4-3-5-14-9-11-17(16)20(15)19(13)14/h3-11,18,21H,12H2,1-2H3. The number of amides is 4. The van der Waals surface area contributed by atoms with E-state index in [1.807, 2.05) is 48.5 Å². The fraction of sp³-hybridized carbons (Fsp3) is 0.208. The van der Waals surface area contributed by atoms with Crippen LogP contribution < -0.4 is 0 Å². The van der Waals surface area contributed by atoms with E-state index in [4.69, 9.17) is 0 Å². The van der Waals surface area contributed by atoms with E-state index in [0.29, 0.717) is 5.56 Å². The molecule has 1 unspecified atom stereocenters. The van der Waals surface area contributed by atoms with Gasteiger partial charge in [0, 0.05) is 19.0 Å². The molecule has 1 heterocycles. The minimum absolute atomic E-state index is 0.514. The first kappa shape index (κ1) is 19.9. The monoisotopic (exact) mass is 429 g/mol. The first-order valence-corrected chi connectivity index (χ1v) is 10.2. The highest BCUT2D eigenvalue weighted by atomic mass is 16.6. The Labute approximate surface area is 182 Å². The summed E-state index contributed by atoms with van der Waals surface area (Å²) >= 11 is 0. The molecule has 0 bridgehead atoms. The normalized spacial score (nSPS) is 16.6. The molecule has 160 valence electrons. The summed E-state index contributed by atoms with van der Waals surface area (Å²) in [6, 6.07) is 16.7. The highest BCUT2D eigenvalue weighted by Gasteiger charge is 2.49. The van der Waals surface area contributed by atoms with Crippen LogP contribution in [0.5, 0.6) is 0 Å². The summed E-state index contributed by atoms with van der Waals surface area (Å²) in [7, 11) is 2.57. The molecule has 0 aliphatic carbocycles. The lowest BCUT2D eigenvalue weighted by atomic mass is 9.79. The van der Waals surface area contributed by atoms with E-state index in [0.717, 1.165) is 42.1 Å². The molecular weight excluding hydrogens is 410 g/mol. The summed E-state index contributed by atoms with van der Waals surface area (Å²) < 4.78 is 0. The van der Waals surface area contributed by atoms with E-state index < -0.39 is 41.1 Å². The molecule has 5 rings (SSSR count). The van der Waals surface area contributed by atoms with Crippen molar-refractivity contribution < 1.29 is 19.3 Å². The SMILES string of the molecule is CN1C(=O)C(C(C[N+](=O)[O-])c2ccc3ccc4cccc5ccc2c3c45)C(=O)N(C)C1=O. The van der Waals surface area contributed by atoms with Gasteiger partial charge in [-0.05, 0) is 37.9 Å². The molecule has 0 spiro atoms. The highest BCUT2D eigenvalue weighted by Crippen LogP contribution is 2.40. The lowest BCUT2D eigenvalue weighted by Gasteiger charge is -2.35. The van der Waals surface area contributed by atoms with Gasteiger partial charge in [-0.2, -0.15) is 0 Å². The molecule has 4 aromatic carbocycles. The summed E-state index contributed by atoms with van der Waals surface area (Å²) in [5.74, 6) is -3.83. The van der Waals surface area contributed by atoms with Gasteiger partial charge < -0.3 is 0 Å². The van der Waals surface area contributed by atoms with Crippen LogP contribution in [0.3, 0.4) is 0 Å². The summed E-state index contributed by atoms with van der Waals surface area (Å²) in [4.78, 5) is 51.0. The summed E-state index contributed by atoms with van der Waals surface area (Å²) in [5, 5.41) is 17.4. The Balaban J connectivity index is 1.78. The third-order valence-corrected chi connectivity index (χ3v) is 6.48. The Kier molecular flexibility index (Phi) is 4.33. The molecule has 8 nitrogen and oxygen atoms in total. The Bertz CT molecular complexity index is 1410. The first-order valence-electron chi connectivity index (χ1n) is 10.2. The molecule has 8 heteroatoms. The second kappa shape index (κ2) is 6.98. The Morgan fingerprint density at radius 1 is 0.844 bits per heavy atom. The Morgan fingerprint density at radius 3 is 1.97 bits per heavy atom. The predicted octanol–water partition coefficient (Wildman–Crippen LogP) is 3.61. The molecule has 0 saturated carbocycles. The number of barbiturate groups is 1. The smallest absolute Gasteiger partial charge is 0.273 e. The Hall–Kier alpha value is -4.07. The van der Waals surface area contributed by atoms with Gasteiger partial charge in [-0.3, -0.25) is 29.5 Å². The fourth-order valence-corrected chi connectivity index (χ4v) is 4.91. The molecule has 1 aliphatic heterocycles. The number of rotatable bonds is 4. The van der Waals surface area contributed by atoms with Gasteiger partial charge in [0.15, 0.2) is 0 Å². The van der Waals surface area contributed by atoms with Gasteiger partial charge in [-0.15, -0.1) is 0 Å². The minimum Gasteiger partial charge on any atom is -0.273 e. The largest absolute Gasteiger partial charge is 0.332 e. The van der Waals surface area contributed by atoms with Gasteiger partial charge in [0.2, 0.25) is 18.4 Å². The number of carbonyl (C=O) groups is 3. The number of hydrogen-bond acceptors (Lipinski definition) is 5. The fourth-order valence-electron chi connectivity index (χ4n) is 4.91. The summed E-state index contributed by atoms with van der Waals surface area (Å²) in [6.45, 7) is -0.609. The van der Waals surface area contributed by atoms with E-state index in [1.54, 1.807) is 6.07 Å². The number of carbonyl (C=O) groups excluding carboxylic acids is 3. The van der Waals surface area contributed by atoms with Crippen molar-refractivity contribution in [3.63, 3.8) is 0 Å². The van der Waals surface area contributed by atoms with Gasteiger partial charge in [0.1, 0.15) is 5.92 Å². The van der Waals surface area contributed by atoms with E-state index in [1.165, 1.54) is 14.1 Å². The van der Waals surface area contributed by atoms with Crippen molar-refractivity contribution in [3.8, 4) is 0 Å². The van der Waals surface area contributed by atoms with Gasteiger partial charge in [0.25, 0.3) is 0 Å². The third-order valence-electron chi connectivity index (χ3n) is 6.48. The number of imide groups is 2. The molecule has 0 aromatic heterocycles. The van der Waals surface area contributed by atoms with Crippen molar-refractivity contribution in [2.24, 2.45) is 5.92 Å². The highest BCUT2D eigenvalue weighted by molar-refractivity contribution is 6.24. The quantitative estimate of drug-likeness (QED) is 0.213. The summed E-state index contributed by atoms with van der Waals surface area (Å²) in [5.41, 5.74) is 0.551. The molecule has 0 radical (unpaired) electrons. The summed E-state index contributed by atoms with van der Waals surface area (Å²) in [6.07, 6.45) is 0. The second-order valence-corrected chi connectivity index (χ2v) is 8.19. The molecule has 32 heavy (non-hydrogen) atoms. The average molecular weight is 429 g/mol. The van der Waals surface area contributed by atoms with Crippen LogP contribution in [-0.4, -0.2) is 53.2 Å². The Morgan fingerprint density at radius 2 is 1.38 bits per heavy atom. The third kappa shape index (κ3) is 2.72. The molecular formula is C24H19N3O5. The number of hydrogen-bond donors (Lipinski definition) is 0. The average Bonchev–Trinajstić information content (AvgIpc) is 2.79. The second-order valence-electron chi connectivity index (χ2n) is 8.19. The zero-order valence-electron chi connectivity index (χ0n) is 17.4. The van der Waals surface area contributed by atoms with Crippen LogP contribution in [-0.2, 0) is 9.59 Å². The minimum atomic E-state index is -1.36. The number of nitrogens with zero attached hydrogens (tertiary/aromatic N) is 3. The number of urea groups is 1. The zero-order chi connectivity index (χ0) is 22.7. The molecule has 0 N–H and O–H groups in total. The van der Waals surface area contributed by atoms with E-state index in [2.05, 4.69) is 0 Å². The molecule has 1 aliphatic rings. The van der Waals surface area contributed by atoms with Crippen LogP contribution in [0.2, 0.25) is 0 Å². The maximum absolute atomic E-state index is 13.0. The van der Waals surface area contributed by atoms with Gasteiger partial charge in [0.05, 0.1) is 5.92 Å². The lowest BCUT2D eigenvalue weighted by Crippen LogP contribution is -2.58. The number of nitro groups is 1. The molecule has 1 saturated heterocycles. The predicted molar refractivity (Wildman–Crippen MR) is 119 cm³/mol. The molecule has 1 atom stereocenters. The van der Waals surface area contributed by atoms with Gasteiger partial charge in [-0.25, -0.2) is 4.79 Å². The van der Waals surface area contributed by atoms with Gasteiger partial charge >= 0.3 is 6.03 Å². The number of benzene rings is 4. The van der Waals surface area contributed by atoms with E-state index in [9.17, 15) is 24.5 Å². The molecule has 1 fully saturated rings. The molecule has 4 amide bonds. The van der Waals surface area contributed by atoms with Crippen molar-refractivity contribution in [2.45, 2.75) is 5.92 Å². The van der Waals surface area contributed by atoms with Crippen molar-refractivity contribution in [1.29, 1.82) is 0 Å². The van der Waals surface area contributed by atoms with Crippen LogP contribution in [0.25, 0.3) is 32.3 Å². The lowest BCUT2D eigenvalue weighted by molar-refractivity contribution is -0.484. The van der Waals surface area contributed by atoms with E-state index in [-0.39, 0.29) is 0 Å². The molecule has 4 aromatic rings. The van der Waals surface area contributed by atoms with Crippen molar-refractivity contribution in [3.05, 3.63) is 70.3 Å². The van der Waals surface area contributed by atoms with Crippen LogP contribution >= 0.6 is 0 Å². The van der Waals surface area contributed by atoms with Crippen LogP contribution in [0.15, 0.2) is 54.6 Å².